The predicted octanol–water partition coefficient (Wildman–Crippen LogP) is 5.33. The third-order valence-electron chi connectivity index (χ3n) is 4.39. The molecule has 1 nitrogen and oxygen atoms in total. The first-order valence-corrected chi connectivity index (χ1v) is 8.01. The molecule has 0 spiro atoms. The molecule has 2 unspecified atom stereocenters. The maximum absolute atomic E-state index is 6.14. The molecular weight excluding hydrogens is 301 g/mol. The largest absolute Gasteiger partial charge is 0.302 e. The van der Waals surface area contributed by atoms with Crippen molar-refractivity contribution in [3.63, 3.8) is 0 Å². The molecule has 0 aromatic heterocycles. The third kappa shape index (κ3) is 2.96. The Morgan fingerprint density at radius 1 is 1.00 bits per heavy atom. The Morgan fingerprint density at radius 3 is 2.38 bits per heavy atom. The van der Waals surface area contributed by atoms with Crippen molar-refractivity contribution in [2.75, 3.05) is 14.1 Å². The highest BCUT2D eigenvalue weighted by molar-refractivity contribution is 6.42. The molecule has 110 valence electrons. The van der Waals surface area contributed by atoms with Gasteiger partial charge in [-0.1, -0.05) is 53.5 Å². The van der Waals surface area contributed by atoms with Gasteiger partial charge in [0.15, 0.2) is 0 Å². The molecule has 0 amide bonds. The Hall–Kier alpha value is -1.02. The fourth-order valence-electron chi connectivity index (χ4n) is 3.34. The fourth-order valence-corrected chi connectivity index (χ4v) is 3.66. The molecule has 2 atom stereocenters. The van der Waals surface area contributed by atoms with Gasteiger partial charge in [0, 0.05) is 6.04 Å². The van der Waals surface area contributed by atoms with Gasteiger partial charge in [-0.3, -0.25) is 0 Å². The number of hydrogen-bond donors (Lipinski definition) is 0. The van der Waals surface area contributed by atoms with Crippen LogP contribution in [0.3, 0.4) is 0 Å². The Morgan fingerprint density at radius 2 is 1.71 bits per heavy atom. The van der Waals surface area contributed by atoms with E-state index in [1.54, 1.807) is 0 Å². The van der Waals surface area contributed by atoms with Crippen LogP contribution in [0.2, 0.25) is 10.0 Å². The number of fused-ring (bicyclic) bond motifs is 1. The minimum Gasteiger partial charge on any atom is -0.302 e. The Bertz CT molecular complexity index is 651. The number of halogens is 2. The summed E-state index contributed by atoms with van der Waals surface area (Å²) in [7, 11) is 4.31. The average molecular weight is 320 g/mol. The van der Waals surface area contributed by atoms with Crippen molar-refractivity contribution < 1.29 is 0 Å². The molecule has 21 heavy (non-hydrogen) atoms. The zero-order valence-corrected chi connectivity index (χ0v) is 13.8. The van der Waals surface area contributed by atoms with Gasteiger partial charge in [-0.15, -0.1) is 0 Å². The predicted molar refractivity (Wildman–Crippen MR) is 90.4 cm³/mol. The standard InChI is InChI=1S/C18H19Cl2N/c1-21(2)18-11-13(14-5-3-4-6-15(14)18)9-12-7-8-16(19)17(20)10-12/h3-8,10,13,18H,9,11H2,1-2H3. The molecule has 0 heterocycles. The summed E-state index contributed by atoms with van der Waals surface area (Å²) in [5.41, 5.74) is 4.19. The smallest absolute Gasteiger partial charge is 0.0595 e. The molecule has 1 aliphatic carbocycles. The van der Waals surface area contributed by atoms with Crippen LogP contribution in [0.25, 0.3) is 0 Å². The highest BCUT2D eigenvalue weighted by Gasteiger charge is 2.31. The SMILES string of the molecule is CN(C)C1CC(Cc2ccc(Cl)c(Cl)c2)c2ccccc21. The monoisotopic (exact) mass is 319 g/mol. The maximum atomic E-state index is 6.14. The lowest BCUT2D eigenvalue weighted by Gasteiger charge is -2.20. The molecule has 0 radical (unpaired) electrons. The molecule has 0 bridgehead atoms. The number of benzene rings is 2. The quantitative estimate of drug-likeness (QED) is 0.739. The van der Waals surface area contributed by atoms with Crippen LogP contribution in [0.1, 0.15) is 35.1 Å². The van der Waals surface area contributed by atoms with Gasteiger partial charge in [0.25, 0.3) is 0 Å². The number of rotatable bonds is 3. The molecule has 2 aromatic carbocycles. The highest BCUT2D eigenvalue weighted by atomic mass is 35.5. The van der Waals surface area contributed by atoms with Gasteiger partial charge in [-0.25, -0.2) is 0 Å². The summed E-state index contributed by atoms with van der Waals surface area (Å²) in [4.78, 5) is 2.31. The molecule has 3 heteroatoms. The van der Waals surface area contributed by atoms with Gasteiger partial charge in [0.05, 0.1) is 10.0 Å². The van der Waals surface area contributed by atoms with Crippen molar-refractivity contribution in [3.05, 3.63) is 69.2 Å². The van der Waals surface area contributed by atoms with Crippen LogP contribution in [-0.2, 0) is 6.42 Å². The van der Waals surface area contributed by atoms with Crippen molar-refractivity contribution in [2.45, 2.75) is 24.8 Å². The Kier molecular flexibility index (Phi) is 4.26. The second-order valence-corrected chi connectivity index (χ2v) is 6.81. The summed E-state index contributed by atoms with van der Waals surface area (Å²) in [5, 5.41) is 1.27. The van der Waals surface area contributed by atoms with Crippen LogP contribution in [-0.4, -0.2) is 19.0 Å². The topological polar surface area (TPSA) is 3.24 Å². The summed E-state index contributed by atoms with van der Waals surface area (Å²) in [6.07, 6.45) is 2.17. The highest BCUT2D eigenvalue weighted by Crippen LogP contribution is 2.44. The lowest BCUT2D eigenvalue weighted by molar-refractivity contribution is 0.288. The van der Waals surface area contributed by atoms with Crippen molar-refractivity contribution in [3.8, 4) is 0 Å². The molecule has 0 saturated heterocycles. The van der Waals surface area contributed by atoms with Gasteiger partial charge in [0.1, 0.15) is 0 Å². The van der Waals surface area contributed by atoms with Crippen molar-refractivity contribution >= 4 is 23.2 Å². The van der Waals surface area contributed by atoms with Gasteiger partial charge >= 0.3 is 0 Å². The van der Waals surface area contributed by atoms with E-state index in [-0.39, 0.29) is 0 Å². The normalized spacial score (nSPS) is 20.8. The van der Waals surface area contributed by atoms with Gasteiger partial charge in [-0.05, 0) is 61.7 Å². The van der Waals surface area contributed by atoms with Crippen LogP contribution in [0.4, 0.5) is 0 Å². The minimum absolute atomic E-state index is 0.508. The zero-order valence-electron chi connectivity index (χ0n) is 12.3. The third-order valence-corrected chi connectivity index (χ3v) is 5.13. The van der Waals surface area contributed by atoms with Gasteiger partial charge in [-0.2, -0.15) is 0 Å². The van der Waals surface area contributed by atoms with E-state index in [2.05, 4.69) is 49.3 Å². The van der Waals surface area contributed by atoms with E-state index in [1.807, 2.05) is 12.1 Å². The van der Waals surface area contributed by atoms with Crippen LogP contribution < -0.4 is 0 Å². The first-order valence-electron chi connectivity index (χ1n) is 7.25. The van der Waals surface area contributed by atoms with E-state index in [0.717, 1.165) is 12.8 Å². The number of nitrogens with zero attached hydrogens (tertiary/aromatic N) is 1. The van der Waals surface area contributed by atoms with E-state index >= 15 is 0 Å². The molecule has 0 N–H and O–H groups in total. The molecule has 0 aliphatic heterocycles. The van der Waals surface area contributed by atoms with Crippen molar-refractivity contribution in [1.82, 2.24) is 4.90 Å². The second-order valence-electron chi connectivity index (χ2n) is 5.99. The molecule has 3 rings (SSSR count). The lowest BCUT2D eigenvalue weighted by Crippen LogP contribution is -2.17. The van der Waals surface area contributed by atoms with E-state index in [1.165, 1.54) is 16.7 Å². The van der Waals surface area contributed by atoms with E-state index in [0.29, 0.717) is 22.0 Å². The Balaban J connectivity index is 1.88. The molecule has 2 aromatic rings. The van der Waals surface area contributed by atoms with Crippen molar-refractivity contribution in [2.24, 2.45) is 0 Å². The minimum atomic E-state index is 0.508. The van der Waals surface area contributed by atoms with E-state index < -0.39 is 0 Å². The van der Waals surface area contributed by atoms with Gasteiger partial charge < -0.3 is 4.90 Å². The maximum Gasteiger partial charge on any atom is 0.0595 e. The Labute approximate surface area is 136 Å². The molecule has 1 aliphatic rings. The second kappa shape index (κ2) is 6.00. The van der Waals surface area contributed by atoms with E-state index in [9.17, 15) is 0 Å². The summed E-state index contributed by atoms with van der Waals surface area (Å²) < 4.78 is 0. The fraction of sp³-hybridized carbons (Fsp3) is 0.333. The first-order chi connectivity index (χ1) is 10.1. The van der Waals surface area contributed by atoms with Gasteiger partial charge in [0.2, 0.25) is 0 Å². The first kappa shape index (κ1) is 14.9. The van der Waals surface area contributed by atoms with Crippen molar-refractivity contribution in [1.29, 1.82) is 0 Å². The van der Waals surface area contributed by atoms with Crippen LogP contribution in [0, 0.1) is 0 Å². The van der Waals surface area contributed by atoms with Crippen LogP contribution in [0.5, 0.6) is 0 Å². The summed E-state index contributed by atoms with van der Waals surface area (Å²) in [6, 6.07) is 15.3. The lowest BCUT2D eigenvalue weighted by atomic mass is 9.93. The summed E-state index contributed by atoms with van der Waals surface area (Å²) in [6.45, 7) is 0. The summed E-state index contributed by atoms with van der Waals surface area (Å²) >= 11 is 12.1. The average Bonchev–Trinajstić information content (AvgIpc) is 2.82. The van der Waals surface area contributed by atoms with Crippen LogP contribution in [0.15, 0.2) is 42.5 Å². The molecule has 0 fully saturated rings. The zero-order chi connectivity index (χ0) is 15.0. The number of hydrogen-bond acceptors (Lipinski definition) is 1. The van der Waals surface area contributed by atoms with E-state index in [4.69, 9.17) is 23.2 Å². The molecular formula is C18H19Cl2N. The van der Waals surface area contributed by atoms with Crippen LogP contribution >= 0.6 is 23.2 Å². The summed E-state index contributed by atoms with van der Waals surface area (Å²) in [5.74, 6) is 0.547. The molecule has 0 saturated carbocycles.